The van der Waals surface area contributed by atoms with Crippen molar-refractivity contribution in [2.24, 2.45) is 0 Å². The predicted molar refractivity (Wildman–Crippen MR) is 78.6 cm³/mol. The number of imidazole rings is 1. The van der Waals surface area contributed by atoms with E-state index < -0.39 is 0 Å². The van der Waals surface area contributed by atoms with Gasteiger partial charge < -0.3 is 4.57 Å². The van der Waals surface area contributed by atoms with Crippen molar-refractivity contribution in [2.45, 2.75) is 10.6 Å². The summed E-state index contributed by atoms with van der Waals surface area (Å²) >= 11 is 1.86. The monoisotopic (exact) mass is 264 g/mol. The normalized spacial score (nSPS) is 12.8. The topological polar surface area (TPSA) is 17.8 Å². The van der Waals surface area contributed by atoms with Gasteiger partial charge in [-0.3, -0.25) is 0 Å². The molecular formula is C16H12N2S. The summed E-state index contributed by atoms with van der Waals surface area (Å²) in [5, 5.41) is 0. The lowest BCUT2D eigenvalue weighted by atomic mass is 10.2. The molecule has 3 heteroatoms. The van der Waals surface area contributed by atoms with Gasteiger partial charge in [-0.1, -0.05) is 42.5 Å². The Labute approximate surface area is 116 Å². The number of rotatable bonds is 1. The lowest BCUT2D eigenvalue weighted by Crippen LogP contribution is -2.04. The molecule has 1 aliphatic heterocycles. The lowest BCUT2D eigenvalue weighted by Gasteiger charge is -2.16. The third-order valence-corrected chi connectivity index (χ3v) is 4.39. The average Bonchev–Trinajstić information content (AvgIpc) is 2.93. The number of thioether (sulfide) groups is 1. The van der Waals surface area contributed by atoms with Crippen LogP contribution in [0.5, 0.6) is 0 Å². The minimum absolute atomic E-state index is 0.934. The number of para-hydroxylation sites is 1. The highest BCUT2D eigenvalue weighted by atomic mass is 32.2. The smallest absolute Gasteiger partial charge is 0.124 e. The maximum atomic E-state index is 4.76. The van der Waals surface area contributed by atoms with Crippen molar-refractivity contribution in [2.75, 3.05) is 0 Å². The Morgan fingerprint density at radius 3 is 2.63 bits per heavy atom. The molecule has 2 aromatic carbocycles. The van der Waals surface area contributed by atoms with Gasteiger partial charge in [0.2, 0.25) is 0 Å². The molecule has 19 heavy (non-hydrogen) atoms. The second-order valence-electron chi connectivity index (χ2n) is 4.53. The zero-order valence-corrected chi connectivity index (χ0v) is 11.1. The fraction of sp³-hybridized carbons (Fsp3) is 0.0625. The van der Waals surface area contributed by atoms with Crippen LogP contribution in [-0.4, -0.2) is 9.55 Å². The summed E-state index contributed by atoms with van der Waals surface area (Å²) < 4.78 is 2.22. The second kappa shape index (κ2) is 4.28. The average molecular weight is 264 g/mol. The molecule has 0 N–H and O–H groups in total. The van der Waals surface area contributed by atoms with E-state index in [0.717, 1.165) is 17.3 Å². The molecule has 2 heterocycles. The maximum Gasteiger partial charge on any atom is 0.124 e. The molecular weight excluding hydrogens is 252 g/mol. The first-order valence-corrected chi connectivity index (χ1v) is 7.26. The summed E-state index contributed by atoms with van der Waals surface area (Å²) in [4.78, 5) is 6.09. The first kappa shape index (κ1) is 10.9. The van der Waals surface area contributed by atoms with Crippen molar-refractivity contribution in [1.29, 1.82) is 0 Å². The number of hydrogen-bond donors (Lipinski definition) is 0. The summed E-state index contributed by atoms with van der Waals surface area (Å²) in [5.74, 6) is 2.06. The van der Waals surface area contributed by atoms with Crippen LogP contribution in [0.3, 0.4) is 0 Å². The molecule has 3 aromatic rings. The SMILES string of the molecule is c1ccc(-c2cn3c(n2)CSc2ccccc2-3)cc1. The fourth-order valence-corrected chi connectivity index (χ4v) is 3.37. The summed E-state index contributed by atoms with van der Waals surface area (Å²) in [6.45, 7) is 0. The lowest BCUT2D eigenvalue weighted by molar-refractivity contribution is 0.922. The first-order valence-electron chi connectivity index (χ1n) is 6.28. The summed E-state index contributed by atoms with van der Waals surface area (Å²) in [5.41, 5.74) is 3.46. The number of fused-ring (bicyclic) bond motifs is 3. The zero-order chi connectivity index (χ0) is 12.7. The molecule has 0 bridgehead atoms. The molecule has 0 spiro atoms. The van der Waals surface area contributed by atoms with Crippen LogP contribution >= 0.6 is 11.8 Å². The Morgan fingerprint density at radius 1 is 0.947 bits per heavy atom. The van der Waals surface area contributed by atoms with Crippen LogP contribution in [0.4, 0.5) is 0 Å². The molecule has 0 aliphatic carbocycles. The van der Waals surface area contributed by atoms with Gasteiger partial charge in [0.15, 0.2) is 0 Å². The number of aromatic nitrogens is 2. The summed E-state index contributed by atoms with van der Waals surface area (Å²) in [6.07, 6.45) is 2.14. The highest BCUT2D eigenvalue weighted by Crippen LogP contribution is 2.35. The van der Waals surface area contributed by atoms with E-state index >= 15 is 0 Å². The predicted octanol–water partition coefficient (Wildman–Crippen LogP) is 4.15. The van der Waals surface area contributed by atoms with E-state index in [9.17, 15) is 0 Å². The molecule has 0 radical (unpaired) electrons. The van der Waals surface area contributed by atoms with Crippen molar-refractivity contribution in [3.63, 3.8) is 0 Å². The Morgan fingerprint density at radius 2 is 1.74 bits per heavy atom. The van der Waals surface area contributed by atoms with E-state index in [1.165, 1.54) is 16.1 Å². The van der Waals surface area contributed by atoms with Gasteiger partial charge in [0.05, 0.1) is 17.1 Å². The highest BCUT2D eigenvalue weighted by molar-refractivity contribution is 7.98. The van der Waals surface area contributed by atoms with Crippen LogP contribution in [-0.2, 0) is 5.75 Å². The number of nitrogens with zero attached hydrogens (tertiary/aromatic N) is 2. The molecule has 0 unspecified atom stereocenters. The van der Waals surface area contributed by atoms with Crippen LogP contribution in [0.15, 0.2) is 65.7 Å². The van der Waals surface area contributed by atoms with Gasteiger partial charge in [-0.15, -0.1) is 11.8 Å². The van der Waals surface area contributed by atoms with Gasteiger partial charge in [0, 0.05) is 16.7 Å². The van der Waals surface area contributed by atoms with Gasteiger partial charge in [-0.2, -0.15) is 0 Å². The standard InChI is InChI=1S/C16H12N2S/c1-2-6-12(7-3-1)13-10-18-14-8-4-5-9-15(14)19-11-16(18)17-13/h1-10H,11H2. The van der Waals surface area contributed by atoms with E-state index in [2.05, 4.69) is 59.3 Å². The van der Waals surface area contributed by atoms with E-state index in [4.69, 9.17) is 4.98 Å². The molecule has 2 nitrogen and oxygen atoms in total. The van der Waals surface area contributed by atoms with E-state index in [0.29, 0.717) is 0 Å². The number of hydrogen-bond acceptors (Lipinski definition) is 2. The van der Waals surface area contributed by atoms with Crippen LogP contribution in [0.1, 0.15) is 5.82 Å². The van der Waals surface area contributed by atoms with Gasteiger partial charge in [-0.25, -0.2) is 4.98 Å². The van der Waals surface area contributed by atoms with Gasteiger partial charge in [0.25, 0.3) is 0 Å². The zero-order valence-electron chi connectivity index (χ0n) is 10.3. The first-order chi connectivity index (χ1) is 9.42. The molecule has 1 aromatic heterocycles. The fourth-order valence-electron chi connectivity index (χ4n) is 2.40. The molecule has 0 saturated carbocycles. The van der Waals surface area contributed by atoms with Crippen molar-refractivity contribution in [3.05, 3.63) is 66.6 Å². The van der Waals surface area contributed by atoms with E-state index in [1.54, 1.807) is 0 Å². The Hall–Kier alpha value is -2.00. The molecule has 0 fully saturated rings. The molecule has 0 atom stereocenters. The van der Waals surface area contributed by atoms with Gasteiger partial charge >= 0.3 is 0 Å². The van der Waals surface area contributed by atoms with Gasteiger partial charge in [0.1, 0.15) is 5.82 Å². The summed E-state index contributed by atoms with van der Waals surface area (Å²) in [6, 6.07) is 18.8. The molecule has 4 rings (SSSR count). The molecule has 92 valence electrons. The largest absolute Gasteiger partial charge is 0.301 e. The third kappa shape index (κ3) is 1.78. The van der Waals surface area contributed by atoms with Crippen LogP contribution in [0, 0.1) is 0 Å². The highest BCUT2D eigenvalue weighted by Gasteiger charge is 2.18. The molecule has 0 saturated heterocycles. The molecule has 1 aliphatic rings. The summed E-state index contributed by atoms with van der Waals surface area (Å²) in [7, 11) is 0. The minimum atomic E-state index is 0.934. The van der Waals surface area contributed by atoms with Crippen molar-refractivity contribution >= 4 is 11.8 Å². The van der Waals surface area contributed by atoms with Crippen molar-refractivity contribution in [3.8, 4) is 16.9 Å². The Bertz CT molecular complexity index is 732. The number of benzene rings is 2. The second-order valence-corrected chi connectivity index (χ2v) is 5.55. The van der Waals surface area contributed by atoms with Crippen LogP contribution < -0.4 is 0 Å². The van der Waals surface area contributed by atoms with E-state index in [1.807, 2.05) is 17.8 Å². The van der Waals surface area contributed by atoms with E-state index in [-0.39, 0.29) is 0 Å². The quantitative estimate of drug-likeness (QED) is 0.657. The van der Waals surface area contributed by atoms with Gasteiger partial charge in [-0.05, 0) is 12.1 Å². The Balaban J connectivity index is 1.88. The van der Waals surface area contributed by atoms with Crippen molar-refractivity contribution in [1.82, 2.24) is 9.55 Å². The van der Waals surface area contributed by atoms with Crippen LogP contribution in [0.25, 0.3) is 16.9 Å². The van der Waals surface area contributed by atoms with Crippen molar-refractivity contribution < 1.29 is 0 Å². The minimum Gasteiger partial charge on any atom is -0.301 e. The maximum absolute atomic E-state index is 4.76. The van der Waals surface area contributed by atoms with Crippen LogP contribution in [0.2, 0.25) is 0 Å². The molecule has 0 amide bonds. The third-order valence-electron chi connectivity index (χ3n) is 3.33. The Kier molecular flexibility index (Phi) is 2.45.